The maximum atomic E-state index is 12.5. The summed E-state index contributed by atoms with van der Waals surface area (Å²) in [6, 6.07) is 26.0. The van der Waals surface area contributed by atoms with Crippen LogP contribution in [-0.4, -0.2) is 44.0 Å². The van der Waals surface area contributed by atoms with Crippen molar-refractivity contribution in [3.05, 3.63) is 84.4 Å². The van der Waals surface area contributed by atoms with Gasteiger partial charge in [-0.05, 0) is 74.6 Å². The van der Waals surface area contributed by atoms with Gasteiger partial charge in [-0.15, -0.1) is 0 Å². The minimum Gasteiger partial charge on any atom is -0.457 e. The zero-order valence-electron chi connectivity index (χ0n) is 18.1. The maximum absolute atomic E-state index is 12.5. The topological polar surface area (TPSA) is 44.8 Å². The van der Waals surface area contributed by atoms with Gasteiger partial charge < -0.3 is 19.9 Å². The molecular formula is C26H29N3O2. The molecule has 0 aliphatic carbocycles. The van der Waals surface area contributed by atoms with Gasteiger partial charge >= 0.3 is 0 Å². The van der Waals surface area contributed by atoms with E-state index in [1.165, 1.54) is 12.1 Å². The predicted molar refractivity (Wildman–Crippen MR) is 126 cm³/mol. The fourth-order valence-corrected chi connectivity index (χ4v) is 3.89. The molecule has 160 valence electrons. The Kier molecular flexibility index (Phi) is 6.53. The zero-order chi connectivity index (χ0) is 21.6. The molecule has 4 rings (SSSR count). The molecule has 0 saturated carbocycles. The van der Waals surface area contributed by atoms with Crippen LogP contribution < -0.4 is 15.0 Å². The highest BCUT2D eigenvalue weighted by atomic mass is 16.5. The Morgan fingerprint density at radius 2 is 1.74 bits per heavy atom. The van der Waals surface area contributed by atoms with Crippen LogP contribution in [0.4, 0.5) is 11.4 Å². The average Bonchev–Trinajstić information content (AvgIpc) is 3.26. The minimum absolute atomic E-state index is 0.0431. The van der Waals surface area contributed by atoms with Crippen molar-refractivity contribution in [1.82, 2.24) is 4.90 Å². The Labute approximate surface area is 184 Å². The Morgan fingerprint density at radius 3 is 2.45 bits per heavy atom. The third kappa shape index (κ3) is 5.64. The van der Waals surface area contributed by atoms with E-state index in [9.17, 15) is 4.79 Å². The third-order valence-electron chi connectivity index (χ3n) is 5.65. The van der Waals surface area contributed by atoms with Crippen molar-refractivity contribution in [3.63, 3.8) is 0 Å². The first-order chi connectivity index (χ1) is 15.1. The minimum atomic E-state index is -0.0431. The lowest BCUT2D eigenvalue weighted by Crippen LogP contribution is -2.31. The molecule has 5 nitrogen and oxygen atoms in total. The number of ether oxygens (including phenoxy) is 1. The maximum Gasteiger partial charge on any atom is 0.228 e. The number of amides is 1. The van der Waals surface area contributed by atoms with Crippen LogP contribution in [0.1, 0.15) is 12.0 Å². The van der Waals surface area contributed by atoms with E-state index in [-0.39, 0.29) is 5.91 Å². The van der Waals surface area contributed by atoms with Crippen LogP contribution >= 0.6 is 0 Å². The second-order valence-corrected chi connectivity index (χ2v) is 8.19. The summed E-state index contributed by atoms with van der Waals surface area (Å²) < 4.78 is 5.86. The van der Waals surface area contributed by atoms with Gasteiger partial charge in [0.05, 0.1) is 6.42 Å². The Bertz CT molecular complexity index is 1000. The molecular weight excluding hydrogens is 386 g/mol. The van der Waals surface area contributed by atoms with E-state index >= 15 is 0 Å². The molecule has 1 fully saturated rings. The standard InChI is InChI=1S/C26H29N3O2/c1-28(2)23-15-16-29(19-23)22-13-11-21(12-14-22)27-26(30)18-20-7-6-10-25(17-20)31-24-8-4-3-5-9-24/h3-14,17,23H,15-16,18-19H2,1-2H3,(H,27,30). The molecule has 0 radical (unpaired) electrons. The molecule has 31 heavy (non-hydrogen) atoms. The Balaban J connectivity index is 1.32. The van der Waals surface area contributed by atoms with E-state index in [0.717, 1.165) is 35.8 Å². The second kappa shape index (κ2) is 9.67. The molecule has 0 aromatic heterocycles. The van der Waals surface area contributed by atoms with Crippen molar-refractivity contribution in [3.8, 4) is 11.5 Å². The SMILES string of the molecule is CN(C)C1CCN(c2ccc(NC(=O)Cc3cccc(Oc4ccccc4)c3)cc2)C1. The molecule has 3 aromatic rings. The van der Waals surface area contributed by atoms with Gasteiger partial charge in [-0.2, -0.15) is 0 Å². The molecule has 1 amide bonds. The first-order valence-corrected chi connectivity index (χ1v) is 10.7. The number of rotatable bonds is 7. The Hall–Kier alpha value is -3.31. The highest BCUT2D eigenvalue weighted by Gasteiger charge is 2.23. The van der Waals surface area contributed by atoms with Crippen LogP contribution in [-0.2, 0) is 11.2 Å². The Morgan fingerprint density at radius 1 is 1.00 bits per heavy atom. The van der Waals surface area contributed by atoms with Gasteiger partial charge in [-0.25, -0.2) is 0 Å². The molecule has 1 N–H and O–H groups in total. The molecule has 1 aliphatic rings. The fraction of sp³-hybridized carbons (Fsp3) is 0.269. The van der Waals surface area contributed by atoms with Gasteiger partial charge in [0.1, 0.15) is 11.5 Å². The van der Waals surface area contributed by atoms with Gasteiger partial charge in [0.25, 0.3) is 0 Å². The molecule has 1 heterocycles. The molecule has 3 aromatic carbocycles. The van der Waals surface area contributed by atoms with Crippen LogP contribution in [0.2, 0.25) is 0 Å². The summed E-state index contributed by atoms with van der Waals surface area (Å²) in [5, 5.41) is 3.00. The van der Waals surface area contributed by atoms with Crippen LogP contribution in [0.5, 0.6) is 11.5 Å². The summed E-state index contributed by atoms with van der Waals surface area (Å²) in [5.74, 6) is 1.46. The summed E-state index contributed by atoms with van der Waals surface area (Å²) in [4.78, 5) is 17.2. The van der Waals surface area contributed by atoms with Gasteiger partial charge in [-0.1, -0.05) is 30.3 Å². The highest BCUT2D eigenvalue weighted by Crippen LogP contribution is 2.25. The number of carbonyl (C=O) groups excluding carboxylic acids is 1. The molecule has 5 heteroatoms. The predicted octanol–water partition coefficient (Wildman–Crippen LogP) is 4.80. The van der Waals surface area contributed by atoms with Gasteiger partial charge in [-0.3, -0.25) is 4.79 Å². The summed E-state index contributed by atoms with van der Waals surface area (Å²) in [5.41, 5.74) is 2.93. The van der Waals surface area contributed by atoms with E-state index in [4.69, 9.17) is 4.74 Å². The van der Waals surface area contributed by atoms with E-state index in [2.05, 4.69) is 41.3 Å². The molecule has 1 atom stereocenters. The molecule has 0 bridgehead atoms. The van der Waals surface area contributed by atoms with Crippen molar-refractivity contribution in [1.29, 1.82) is 0 Å². The van der Waals surface area contributed by atoms with Gasteiger partial charge in [0.15, 0.2) is 0 Å². The van der Waals surface area contributed by atoms with Crippen molar-refractivity contribution in [2.45, 2.75) is 18.9 Å². The fourth-order valence-electron chi connectivity index (χ4n) is 3.89. The van der Waals surface area contributed by atoms with Crippen LogP contribution in [0, 0.1) is 0 Å². The number of hydrogen-bond donors (Lipinski definition) is 1. The summed E-state index contributed by atoms with van der Waals surface area (Å²) in [6.45, 7) is 2.11. The molecule has 1 aliphatic heterocycles. The zero-order valence-corrected chi connectivity index (χ0v) is 18.1. The van der Waals surface area contributed by atoms with Crippen LogP contribution in [0.15, 0.2) is 78.9 Å². The smallest absolute Gasteiger partial charge is 0.228 e. The van der Waals surface area contributed by atoms with E-state index < -0.39 is 0 Å². The van der Waals surface area contributed by atoms with Gasteiger partial charge in [0.2, 0.25) is 5.91 Å². The lowest BCUT2D eigenvalue weighted by atomic mass is 10.1. The molecule has 0 spiro atoms. The first-order valence-electron chi connectivity index (χ1n) is 10.7. The second-order valence-electron chi connectivity index (χ2n) is 8.19. The number of benzene rings is 3. The number of nitrogens with zero attached hydrogens (tertiary/aromatic N) is 2. The van der Waals surface area contributed by atoms with Crippen molar-refractivity contribution < 1.29 is 9.53 Å². The van der Waals surface area contributed by atoms with Crippen molar-refractivity contribution in [2.24, 2.45) is 0 Å². The molecule has 1 saturated heterocycles. The van der Waals surface area contributed by atoms with Crippen LogP contribution in [0.25, 0.3) is 0 Å². The van der Waals surface area contributed by atoms with Crippen molar-refractivity contribution in [2.75, 3.05) is 37.4 Å². The number of anilines is 2. The van der Waals surface area contributed by atoms with Crippen molar-refractivity contribution >= 4 is 17.3 Å². The lowest BCUT2D eigenvalue weighted by Gasteiger charge is -2.22. The highest BCUT2D eigenvalue weighted by molar-refractivity contribution is 5.92. The normalized spacial score (nSPS) is 15.8. The quantitative estimate of drug-likeness (QED) is 0.602. The molecule has 1 unspecified atom stereocenters. The third-order valence-corrected chi connectivity index (χ3v) is 5.65. The summed E-state index contributed by atoms with van der Waals surface area (Å²) >= 11 is 0. The number of carbonyl (C=O) groups is 1. The van der Waals surface area contributed by atoms with Crippen LogP contribution in [0.3, 0.4) is 0 Å². The number of likely N-dealkylation sites (N-methyl/N-ethyl adjacent to an activating group) is 1. The van der Waals surface area contributed by atoms with E-state index in [1.807, 2.05) is 66.7 Å². The number of nitrogens with one attached hydrogen (secondary N) is 1. The van der Waals surface area contributed by atoms with E-state index in [1.54, 1.807) is 0 Å². The lowest BCUT2D eigenvalue weighted by molar-refractivity contribution is -0.115. The van der Waals surface area contributed by atoms with Gasteiger partial charge in [0, 0.05) is 30.5 Å². The summed E-state index contributed by atoms with van der Waals surface area (Å²) in [6.07, 6.45) is 1.48. The first kappa shape index (κ1) is 20.9. The van der Waals surface area contributed by atoms with E-state index in [0.29, 0.717) is 12.5 Å². The number of hydrogen-bond acceptors (Lipinski definition) is 4. The number of para-hydroxylation sites is 1. The largest absolute Gasteiger partial charge is 0.457 e. The monoisotopic (exact) mass is 415 g/mol. The summed E-state index contributed by atoms with van der Waals surface area (Å²) in [7, 11) is 4.27. The average molecular weight is 416 g/mol.